The van der Waals surface area contributed by atoms with Crippen LogP contribution < -0.4 is 11.5 Å². The summed E-state index contributed by atoms with van der Waals surface area (Å²) in [5, 5.41) is 2.18. The highest BCUT2D eigenvalue weighted by molar-refractivity contribution is 5.97. The molecule has 90 valence electrons. The van der Waals surface area contributed by atoms with E-state index in [-0.39, 0.29) is 6.04 Å². The molecule has 0 saturated heterocycles. The second kappa shape index (κ2) is 4.37. The first-order valence-electron chi connectivity index (χ1n) is 6.04. The van der Waals surface area contributed by atoms with Crippen LogP contribution in [0, 0.1) is 0 Å². The van der Waals surface area contributed by atoms with E-state index in [1.807, 2.05) is 36.4 Å². The Balaban J connectivity index is 2.49. The van der Waals surface area contributed by atoms with Crippen LogP contribution in [0.5, 0.6) is 0 Å². The highest BCUT2D eigenvalue weighted by Gasteiger charge is 2.13. The monoisotopic (exact) mass is 237 g/mol. The number of rotatable bonds is 2. The van der Waals surface area contributed by atoms with Crippen molar-refractivity contribution in [1.82, 2.24) is 4.98 Å². The number of para-hydroxylation sites is 2. The standard InChI is InChI=1S/C15H15N3/c16-9-12(17)15-10-5-1-3-7-13(10)18-14-8-4-2-6-11(14)15/h1-8,12H,9,16-17H2. The van der Waals surface area contributed by atoms with E-state index in [4.69, 9.17) is 11.5 Å². The minimum atomic E-state index is -0.164. The van der Waals surface area contributed by atoms with E-state index in [1.165, 1.54) is 0 Å². The lowest BCUT2D eigenvalue weighted by atomic mass is 9.97. The van der Waals surface area contributed by atoms with Crippen LogP contribution in [0.3, 0.4) is 0 Å². The molecule has 1 unspecified atom stereocenters. The number of benzene rings is 2. The van der Waals surface area contributed by atoms with Crippen molar-refractivity contribution < 1.29 is 0 Å². The summed E-state index contributed by atoms with van der Waals surface area (Å²) in [5.74, 6) is 0. The smallest absolute Gasteiger partial charge is 0.0713 e. The van der Waals surface area contributed by atoms with Gasteiger partial charge in [0.05, 0.1) is 11.0 Å². The Hall–Kier alpha value is -1.97. The van der Waals surface area contributed by atoms with Crippen LogP contribution in [0.25, 0.3) is 21.8 Å². The van der Waals surface area contributed by atoms with Crippen molar-refractivity contribution in [2.75, 3.05) is 6.54 Å². The van der Waals surface area contributed by atoms with Gasteiger partial charge in [-0.1, -0.05) is 36.4 Å². The highest BCUT2D eigenvalue weighted by atomic mass is 14.7. The third kappa shape index (κ3) is 1.65. The number of hydrogen-bond donors (Lipinski definition) is 2. The molecule has 2 aromatic carbocycles. The SMILES string of the molecule is NCC(N)c1c2ccccc2nc2ccccc12. The maximum Gasteiger partial charge on any atom is 0.0713 e. The van der Waals surface area contributed by atoms with Gasteiger partial charge in [0.25, 0.3) is 0 Å². The van der Waals surface area contributed by atoms with Crippen molar-refractivity contribution in [3.63, 3.8) is 0 Å². The third-order valence-corrected chi connectivity index (χ3v) is 3.25. The molecular weight excluding hydrogens is 222 g/mol. The van der Waals surface area contributed by atoms with Crippen molar-refractivity contribution >= 4 is 21.8 Å². The van der Waals surface area contributed by atoms with Gasteiger partial charge in [-0.25, -0.2) is 4.98 Å². The summed E-state index contributed by atoms with van der Waals surface area (Å²) in [5.41, 5.74) is 14.9. The van der Waals surface area contributed by atoms with Crippen LogP contribution in [0.15, 0.2) is 48.5 Å². The minimum Gasteiger partial charge on any atom is -0.329 e. The van der Waals surface area contributed by atoms with Crippen LogP contribution in [0.1, 0.15) is 11.6 Å². The molecule has 1 aromatic heterocycles. The molecule has 0 bridgehead atoms. The van der Waals surface area contributed by atoms with Gasteiger partial charge in [-0.15, -0.1) is 0 Å². The van der Waals surface area contributed by atoms with Crippen molar-refractivity contribution in [2.45, 2.75) is 6.04 Å². The van der Waals surface area contributed by atoms with Crippen molar-refractivity contribution in [2.24, 2.45) is 11.5 Å². The summed E-state index contributed by atoms with van der Waals surface area (Å²) in [6.45, 7) is 0.429. The molecule has 18 heavy (non-hydrogen) atoms. The fraction of sp³-hybridized carbons (Fsp3) is 0.133. The van der Waals surface area contributed by atoms with E-state index >= 15 is 0 Å². The third-order valence-electron chi connectivity index (χ3n) is 3.25. The van der Waals surface area contributed by atoms with Crippen molar-refractivity contribution in [3.05, 3.63) is 54.1 Å². The van der Waals surface area contributed by atoms with Crippen LogP contribution in [-0.4, -0.2) is 11.5 Å². The zero-order valence-electron chi connectivity index (χ0n) is 10.0. The predicted molar refractivity (Wildman–Crippen MR) is 75.2 cm³/mol. The Labute approximate surface area is 105 Å². The molecule has 0 spiro atoms. The Morgan fingerprint density at radius 1 is 0.889 bits per heavy atom. The number of fused-ring (bicyclic) bond motifs is 2. The number of hydrogen-bond acceptors (Lipinski definition) is 3. The maximum atomic E-state index is 6.17. The summed E-state index contributed by atoms with van der Waals surface area (Å²) in [6.07, 6.45) is 0. The van der Waals surface area contributed by atoms with E-state index in [1.54, 1.807) is 0 Å². The highest BCUT2D eigenvalue weighted by Crippen LogP contribution is 2.29. The maximum absolute atomic E-state index is 6.17. The van der Waals surface area contributed by atoms with Gasteiger partial charge in [-0.2, -0.15) is 0 Å². The number of aromatic nitrogens is 1. The number of nitrogens with two attached hydrogens (primary N) is 2. The van der Waals surface area contributed by atoms with E-state index in [0.717, 1.165) is 27.4 Å². The van der Waals surface area contributed by atoms with Gasteiger partial charge in [0.1, 0.15) is 0 Å². The number of pyridine rings is 1. The zero-order valence-corrected chi connectivity index (χ0v) is 10.0. The molecule has 0 radical (unpaired) electrons. The second-order valence-electron chi connectivity index (χ2n) is 4.40. The molecule has 3 heteroatoms. The molecule has 3 nitrogen and oxygen atoms in total. The summed E-state index contributed by atoms with van der Waals surface area (Å²) in [7, 11) is 0. The first-order valence-corrected chi connectivity index (χ1v) is 6.04. The van der Waals surface area contributed by atoms with Gasteiger partial charge in [0.2, 0.25) is 0 Å². The predicted octanol–water partition coefficient (Wildman–Crippen LogP) is 2.35. The second-order valence-corrected chi connectivity index (χ2v) is 4.40. The molecule has 1 heterocycles. The molecule has 0 fully saturated rings. The molecule has 4 N–H and O–H groups in total. The van der Waals surface area contributed by atoms with E-state index in [0.29, 0.717) is 6.54 Å². The average Bonchev–Trinajstić information content (AvgIpc) is 2.44. The molecule has 0 aliphatic heterocycles. The Bertz CT molecular complexity index is 652. The lowest BCUT2D eigenvalue weighted by Gasteiger charge is -2.15. The van der Waals surface area contributed by atoms with Gasteiger partial charge in [-0.3, -0.25) is 0 Å². The summed E-state index contributed by atoms with van der Waals surface area (Å²) in [4.78, 5) is 4.66. The lowest BCUT2D eigenvalue weighted by molar-refractivity contribution is 0.748. The molecule has 0 saturated carbocycles. The molecule has 3 rings (SSSR count). The summed E-state index contributed by atoms with van der Waals surface area (Å²) < 4.78 is 0. The van der Waals surface area contributed by atoms with E-state index < -0.39 is 0 Å². The quantitative estimate of drug-likeness (QED) is 0.672. The zero-order chi connectivity index (χ0) is 12.5. The average molecular weight is 237 g/mol. The molecule has 0 aliphatic carbocycles. The first-order chi connectivity index (χ1) is 8.81. The van der Waals surface area contributed by atoms with Gasteiger partial charge in [-0.05, 0) is 17.7 Å². The van der Waals surface area contributed by atoms with Crippen LogP contribution >= 0.6 is 0 Å². The Kier molecular flexibility index (Phi) is 2.70. The lowest BCUT2D eigenvalue weighted by Crippen LogP contribution is -2.21. The molecule has 0 amide bonds. The van der Waals surface area contributed by atoms with Crippen molar-refractivity contribution in [3.8, 4) is 0 Å². The first kappa shape index (κ1) is 11.1. The van der Waals surface area contributed by atoms with Crippen LogP contribution in [0.4, 0.5) is 0 Å². The molecule has 0 aliphatic rings. The summed E-state index contributed by atoms with van der Waals surface area (Å²) in [6, 6.07) is 16.0. The fourth-order valence-corrected chi connectivity index (χ4v) is 2.39. The number of nitrogens with zero attached hydrogens (tertiary/aromatic N) is 1. The normalized spacial score (nSPS) is 13.0. The Morgan fingerprint density at radius 3 is 1.89 bits per heavy atom. The van der Waals surface area contributed by atoms with E-state index in [9.17, 15) is 0 Å². The van der Waals surface area contributed by atoms with Gasteiger partial charge >= 0.3 is 0 Å². The Morgan fingerprint density at radius 2 is 1.39 bits per heavy atom. The molecule has 1 atom stereocenters. The van der Waals surface area contributed by atoms with Crippen molar-refractivity contribution in [1.29, 1.82) is 0 Å². The minimum absolute atomic E-state index is 0.164. The molecule has 3 aromatic rings. The van der Waals surface area contributed by atoms with Crippen LogP contribution in [-0.2, 0) is 0 Å². The molecular formula is C15H15N3. The van der Waals surface area contributed by atoms with Gasteiger partial charge < -0.3 is 11.5 Å². The summed E-state index contributed by atoms with van der Waals surface area (Å²) >= 11 is 0. The largest absolute Gasteiger partial charge is 0.329 e. The van der Waals surface area contributed by atoms with E-state index in [2.05, 4.69) is 17.1 Å². The van der Waals surface area contributed by atoms with Crippen LogP contribution in [0.2, 0.25) is 0 Å². The topological polar surface area (TPSA) is 64.9 Å². The van der Waals surface area contributed by atoms with Gasteiger partial charge in [0.15, 0.2) is 0 Å². The van der Waals surface area contributed by atoms with Gasteiger partial charge in [0, 0.05) is 23.4 Å². The fourth-order valence-electron chi connectivity index (χ4n) is 2.39.